The molecule has 6 nitrogen and oxygen atoms in total. The van der Waals surface area contributed by atoms with E-state index in [1.807, 2.05) is 0 Å². The van der Waals surface area contributed by atoms with Crippen molar-refractivity contribution in [3.63, 3.8) is 0 Å². The van der Waals surface area contributed by atoms with E-state index in [4.69, 9.17) is 5.73 Å². The highest BCUT2D eigenvalue weighted by atomic mass is 79.9. The number of benzene rings is 1. The summed E-state index contributed by atoms with van der Waals surface area (Å²) >= 11 is 3.03. The van der Waals surface area contributed by atoms with Crippen LogP contribution in [0.2, 0.25) is 0 Å². The predicted octanol–water partition coefficient (Wildman–Crippen LogP) is 1.35. The van der Waals surface area contributed by atoms with E-state index < -0.39 is 32.6 Å². The van der Waals surface area contributed by atoms with Crippen molar-refractivity contribution in [2.24, 2.45) is 5.92 Å². The van der Waals surface area contributed by atoms with E-state index in [9.17, 15) is 17.6 Å². The molecule has 1 saturated heterocycles. The molecule has 9 heteroatoms. The number of hydrogen-bond acceptors (Lipinski definition) is 5. The van der Waals surface area contributed by atoms with E-state index in [0.29, 0.717) is 6.42 Å². The largest absolute Gasteiger partial charge is 0.469 e. The molecule has 1 aliphatic heterocycles. The van der Waals surface area contributed by atoms with Gasteiger partial charge >= 0.3 is 5.97 Å². The number of anilines is 1. The maximum Gasteiger partial charge on any atom is 0.310 e. The van der Waals surface area contributed by atoms with Crippen LogP contribution in [-0.4, -0.2) is 38.9 Å². The van der Waals surface area contributed by atoms with Crippen molar-refractivity contribution < 1.29 is 22.3 Å². The number of sulfonamides is 1. The van der Waals surface area contributed by atoms with E-state index in [2.05, 4.69) is 20.7 Å². The number of ether oxygens (including phenoxy) is 1. The SMILES string of the molecule is COC(=O)C1CCN(S(=O)(=O)c2cc(N)c(Br)cc2F)C1. The molecule has 2 N–H and O–H groups in total. The fraction of sp³-hybridized carbons (Fsp3) is 0.417. The first-order valence-electron chi connectivity index (χ1n) is 6.10. The molecule has 1 aliphatic rings. The van der Waals surface area contributed by atoms with Gasteiger partial charge in [0.2, 0.25) is 10.0 Å². The lowest BCUT2D eigenvalue weighted by atomic mass is 10.1. The summed E-state index contributed by atoms with van der Waals surface area (Å²) in [5.41, 5.74) is 5.74. The molecule has 0 amide bonds. The molecule has 0 saturated carbocycles. The monoisotopic (exact) mass is 380 g/mol. The van der Waals surface area contributed by atoms with Gasteiger partial charge < -0.3 is 10.5 Å². The van der Waals surface area contributed by atoms with Gasteiger partial charge in [-0.05, 0) is 34.5 Å². The Balaban J connectivity index is 2.32. The molecule has 0 radical (unpaired) electrons. The lowest BCUT2D eigenvalue weighted by Crippen LogP contribution is -2.31. The second-order valence-corrected chi connectivity index (χ2v) is 7.44. The summed E-state index contributed by atoms with van der Waals surface area (Å²) in [6.07, 6.45) is 0.347. The Kier molecular flexibility index (Phi) is 4.54. The molecule has 1 aromatic rings. The van der Waals surface area contributed by atoms with Crippen LogP contribution in [0.4, 0.5) is 10.1 Å². The fourth-order valence-electron chi connectivity index (χ4n) is 2.19. The summed E-state index contributed by atoms with van der Waals surface area (Å²) in [5.74, 6) is -1.89. The molecule has 1 aromatic carbocycles. The maximum absolute atomic E-state index is 13.9. The standard InChI is InChI=1S/C12H14BrFN2O4S/c1-20-12(17)7-2-3-16(6-7)21(18,19)11-5-10(15)8(13)4-9(11)14/h4-5,7H,2-3,6,15H2,1H3. The van der Waals surface area contributed by atoms with E-state index in [1.54, 1.807) is 0 Å². The molecule has 21 heavy (non-hydrogen) atoms. The summed E-state index contributed by atoms with van der Waals surface area (Å²) in [7, 11) is -2.79. The highest BCUT2D eigenvalue weighted by Gasteiger charge is 2.37. The molecule has 0 bridgehead atoms. The number of nitrogens with two attached hydrogens (primary N) is 1. The van der Waals surface area contributed by atoms with Crippen LogP contribution in [0, 0.1) is 11.7 Å². The first kappa shape index (κ1) is 16.2. The third-order valence-corrected chi connectivity index (χ3v) is 5.92. The van der Waals surface area contributed by atoms with Crippen molar-refractivity contribution in [3.05, 3.63) is 22.4 Å². The number of carbonyl (C=O) groups is 1. The van der Waals surface area contributed by atoms with E-state index in [-0.39, 0.29) is 23.2 Å². The van der Waals surface area contributed by atoms with Crippen LogP contribution >= 0.6 is 15.9 Å². The molecule has 0 aliphatic carbocycles. The van der Waals surface area contributed by atoms with Gasteiger partial charge in [0, 0.05) is 23.2 Å². The van der Waals surface area contributed by atoms with Gasteiger partial charge in [-0.25, -0.2) is 12.8 Å². The zero-order valence-corrected chi connectivity index (χ0v) is 13.6. The molecular formula is C12H14BrFN2O4S. The zero-order chi connectivity index (χ0) is 15.8. The molecule has 1 heterocycles. The number of rotatable bonds is 3. The Labute approximate surface area is 130 Å². The molecule has 1 unspecified atom stereocenters. The zero-order valence-electron chi connectivity index (χ0n) is 11.2. The predicted molar refractivity (Wildman–Crippen MR) is 77.4 cm³/mol. The van der Waals surface area contributed by atoms with E-state index >= 15 is 0 Å². The summed E-state index contributed by atoms with van der Waals surface area (Å²) in [6, 6.07) is 2.08. The number of nitrogens with zero attached hydrogens (tertiary/aromatic N) is 1. The normalized spacial score (nSPS) is 19.7. The molecule has 0 spiro atoms. The van der Waals surface area contributed by atoms with Crippen LogP contribution in [0.3, 0.4) is 0 Å². The Bertz CT molecular complexity index is 680. The Morgan fingerprint density at radius 1 is 1.52 bits per heavy atom. The van der Waals surface area contributed by atoms with Gasteiger partial charge in [0.15, 0.2) is 0 Å². The van der Waals surface area contributed by atoms with Crippen molar-refractivity contribution in [2.75, 3.05) is 25.9 Å². The van der Waals surface area contributed by atoms with Gasteiger partial charge in [0.1, 0.15) is 10.7 Å². The Morgan fingerprint density at radius 2 is 2.19 bits per heavy atom. The Morgan fingerprint density at radius 3 is 2.81 bits per heavy atom. The average Bonchev–Trinajstić information content (AvgIpc) is 2.92. The first-order valence-corrected chi connectivity index (χ1v) is 8.33. The third-order valence-electron chi connectivity index (χ3n) is 3.35. The number of esters is 1. The van der Waals surface area contributed by atoms with Gasteiger partial charge in [0.25, 0.3) is 0 Å². The minimum absolute atomic E-state index is 0.0234. The number of hydrogen-bond donors (Lipinski definition) is 1. The van der Waals surface area contributed by atoms with Crippen LogP contribution in [0.25, 0.3) is 0 Å². The van der Waals surface area contributed by atoms with Gasteiger partial charge in [-0.15, -0.1) is 0 Å². The molecule has 0 aromatic heterocycles. The molecular weight excluding hydrogens is 367 g/mol. The number of carbonyl (C=O) groups excluding carboxylic acids is 1. The van der Waals surface area contributed by atoms with Crippen LogP contribution < -0.4 is 5.73 Å². The van der Waals surface area contributed by atoms with Crippen molar-refractivity contribution >= 4 is 37.6 Å². The topological polar surface area (TPSA) is 89.7 Å². The van der Waals surface area contributed by atoms with Crippen LogP contribution in [0.15, 0.2) is 21.5 Å². The minimum atomic E-state index is -4.03. The number of nitrogen functional groups attached to an aromatic ring is 1. The lowest BCUT2D eigenvalue weighted by molar-refractivity contribution is -0.144. The quantitative estimate of drug-likeness (QED) is 0.631. The summed E-state index contributed by atoms with van der Waals surface area (Å²) in [6.45, 7) is 0.113. The summed E-state index contributed by atoms with van der Waals surface area (Å²) in [4.78, 5) is 11.0. The highest BCUT2D eigenvalue weighted by Crippen LogP contribution is 2.30. The second-order valence-electron chi connectivity index (χ2n) is 4.68. The Hall–Kier alpha value is -1.19. The van der Waals surface area contributed by atoms with Gasteiger partial charge in [0.05, 0.1) is 13.0 Å². The highest BCUT2D eigenvalue weighted by molar-refractivity contribution is 9.10. The molecule has 116 valence electrons. The van der Waals surface area contributed by atoms with Crippen molar-refractivity contribution in [2.45, 2.75) is 11.3 Å². The smallest absolute Gasteiger partial charge is 0.310 e. The van der Waals surface area contributed by atoms with Crippen molar-refractivity contribution in [1.82, 2.24) is 4.31 Å². The van der Waals surface area contributed by atoms with Gasteiger partial charge in [-0.2, -0.15) is 4.31 Å². The molecule has 1 fully saturated rings. The first-order chi connectivity index (χ1) is 9.77. The van der Waals surface area contributed by atoms with E-state index in [1.165, 1.54) is 7.11 Å². The van der Waals surface area contributed by atoms with Crippen LogP contribution in [0.1, 0.15) is 6.42 Å². The number of halogens is 2. The van der Waals surface area contributed by atoms with E-state index in [0.717, 1.165) is 16.4 Å². The van der Waals surface area contributed by atoms with Crippen molar-refractivity contribution in [3.8, 4) is 0 Å². The number of methoxy groups -OCH3 is 1. The second kappa shape index (κ2) is 5.90. The van der Waals surface area contributed by atoms with Crippen LogP contribution in [0.5, 0.6) is 0 Å². The average molecular weight is 381 g/mol. The summed E-state index contributed by atoms with van der Waals surface area (Å²) in [5, 5.41) is 0. The van der Waals surface area contributed by atoms with Gasteiger partial charge in [-0.1, -0.05) is 0 Å². The van der Waals surface area contributed by atoms with Crippen LogP contribution in [-0.2, 0) is 19.6 Å². The fourth-order valence-corrected chi connectivity index (χ4v) is 4.08. The van der Waals surface area contributed by atoms with Gasteiger partial charge in [-0.3, -0.25) is 4.79 Å². The third kappa shape index (κ3) is 3.04. The lowest BCUT2D eigenvalue weighted by Gasteiger charge is -2.17. The minimum Gasteiger partial charge on any atom is -0.469 e. The molecule has 2 rings (SSSR count). The molecule has 1 atom stereocenters. The van der Waals surface area contributed by atoms with Crippen molar-refractivity contribution in [1.29, 1.82) is 0 Å². The maximum atomic E-state index is 13.9. The summed E-state index contributed by atoms with van der Waals surface area (Å²) < 4.78 is 44.7.